The van der Waals surface area contributed by atoms with Crippen LogP contribution >= 0.6 is 0 Å². The second-order valence-corrected chi connectivity index (χ2v) is 10.6. The Labute approximate surface area is 282 Å². The molecule has 4 rings (SSSR count). The van der Waals surface area contributed by atoms with Crippen LogP contribution in [0.15, 0.2) is 121 Å². The van der Waals surface area contributed by atoms with E-state index in [4.69, 9.17) is 23.7 Å². The summed E-state index contributed by atoms with van der Waals surface area (Å²) in [5.41, 5.74) is -1.29. The standard InChI is InChI=1S/C36H35N3O10/c40-31(46-27-13-5-1-6-14-27)21-22-36(24-38-34(43)48-29-17-9-3-10-18-29,25-39-35(44)49-30-19-11-4-12-20-30)26-45-32(41)23-37-33(42)47-28-15-7-2-8-16-28/h1-20H,21-26H2,(H,37,42)(H,38,43)(H,39,44). The lowest BCUT2D eigenvalue weighted by atomic mass is 9.83. The average Bonchev–Trinajstić information content (AvgIpc) is 3.12. The smallest absolute Gasteiger partial charge is 0.413 e. The summed E-state index contributed by atoms with van der Waals surface area (Å²) < 4.78 is 26.7. The Morgan fingerprint density at radius 2 is 0.837 bits per heavy atom. The van der Waals surface area contributed by atoms with Crippen molar-refractivity contribution in [2.75, 3.05) is 26.2 Å². The molecule has 0 radical (unpaired) electrons. The van der Waals surface area contributed by atoms with E-state index in [0.29, 0.717) is 5.75 Å². The third-order valence-electron chi connectivity index (χ3n) is 6.83. The van der Waals surface area contributed by atoms with Crippen molar-refractivity contribution < 1.29 is 47.7 Å². The molecule has 0 aliphatic rings. The van der Waals surface area contributed by atoms with E-state index in [9.17, 15) is 24.0 Å². The zero-order valence-corrected chi connectivity index (χ0v) is 26.4. The Hall–Kier alpha value is -6.37. The van der Waals surface area contributed by atoms with Crippen molar-refractivity contribution in [3.8, 4) is 23.0 Å². The molecule has 3 amide bonds. The molecule has 0 aliphatic carbocycles. The maximum absolute atomic E-state index is 12.9. The largest absolute Gasteiger partial charge is 0.464 e. The van der Waals surface area contributed by atoms with Gasteiger partial charge in [-0.25, -0.2) is 14.4 Å². The van der Waals surface area contributed by atoms with E-state index in [2.05, 4.69) is 16.0 Å². The molecule has 0 spiro atoms. The van der Waals surface area contributed by atoms with Crippen molar-refractivity contribution in [1.29, 1.82) is 0 Å². The fourth-order valence-electron chi connectivity index (χ4n) is 4.30. The van der Waals surface area contributed by atoms with Crippen LogP contribution in [0.4, 0.5) is 14.4 Å². The molecule has 4 aromatic rings. The number of amides is 3. The fourth-order valence-corrected chi connectivity index (χ4v) is 4.30. The van der Waals surface area contributed by atoms with Crippen LogP contribution in [0, 0.1) is 5.41 Å². The normalized spacial score (nSPS) is 10.5. The predicted molar refractivity (Wildman–Crippen MR) is 176 cm³/mol. The second-order valence-electron chi connectivity index (χ2n) is 10.6. The van der Waals surface area contributed by atoms with E-state index in [0.717, 1.165) is 0 Å². The van der Waals surface area contributed by atoms with Gasteiger partial charge < -0.3 is 39.6 Å². The van der Waals surface area contributed by atoms with Gasteiger partial charge in [-0.3, -0.25) is 9.59 Å². The van der Waals surface area contributed by atoms with Crippen molar-refractivity contribution in [1.82, 2.24) is 16.0 Å². The number of rotatable bonds is 15. The molecular weight excluding hydrogens is 634 g/mol. The molecule has 13 nitrogen and oxygen atoms in total. The summed E-state index contributed by atoms with van der Waals surface area (Å²) in [6.45, 7) is -1.40. The summed E-state index contributed by atoms with van der Waals surface area (Å²) in [6.07, 6.45) is -2.77. The Morgan fingerprint density at radius 3 is 1.24 bits per heavy atom. The third-order valence-corrected chi connectivity index (χ3v) is 6.83. The molecule has 0 aromatic heterocycles. The minimum Gasteiger partial charge on any atom is -0.464 e. The number of hydrogen-bond acceptors (Lipinski definition) is 10. The predicted octanol–water partition coefficient (Wildman–Crippen LogP) is 5.27. The summed E-state index contributed by atoms with van der Waals surface area (Å²) >= 11 is 0. The maximum atomic E-state index is 12.9. The van der Waals surface area contributed by atoms with Crippen LogP contribution < -0.4 is 34.9 Å². The average molecular weight is 670 g/mol. The summed E-state index contributed by atoms with van der Waals surface area (Å²) in [7, 11) is 0. The first-order valence-electron chi connectivity index (χ1n) is 15.2. The number of hydrogen-bond donors (Lipinski definition) is 3. The zero-order valence-electron chi connectivity index (χ0n) is 26.4. The number of benzene rings is 4. The summed E-state index contributed by atoms with van der Waals surface area (Å²) in [6, 6.07) is 33.3. The monoisotopic (exact) mass is 669 g/mol. The number of para-hydroxylation sites is 4. The maximum Gasteiger partial charge on any atom is 0.413 e. The van der Waals surface area contributed by atoms with Crippen LogP contribution in [0.2, 0.25) is 0 Å². The first-order valence-corrected chi connectivity index (χ1v) is 15.2. The summed E-state index contributed by atoms with van der Waals surface area (Å²) in [5, 5.41) is 7.58. The van der Waals surface area contributed by atoms with Gasteiger partial charge in [0.1, 0.15) is 36.1 Å². The first-order chi connectivity index (χ1) is 23.8. The van der Waals surface area contributed by atoms with Gasteiger partial charge >= 0.3 is 30.2 Å². The van der Waals surface area contributed by atoms with E-state index in [1.54, 1.807) is 121 Å². The number of esters is 2. The van der Waals surface area contributed by atoms with Crippen LogP contribution in [-0.4, -0.2) is 56.5 Å². The van der Waals surface area contributed by atoms with Crippen LogP contribution in [0.3, 0.4) is 0 Å². The van der Waals surface area contributed by atoms with Crippen LogP contribution in [0.25, 0.3) is 0 Å². The number of carbonyl (C=O) groups is 5. The van der Waals surface area contributed by atoms with Gasteiger partial charge in [-0.05, 0) is 55.0 Å². The molecule has 49 heavy (non-hydrogen) atoms. The molecule has 4 aromatic carbocycles. The molecular formula is C36H35N3O10. The van der Waals surface area contributed by atoms with Gasteiger partial charge in [0, 0.05) is 24.9 Å². The molecule has 13 heteroatoms. The Balaban J connectivity index is 1.46. The van der Waals surface area contributed by atoms with Crippen LogP contribution in [0.5, 0.6) is 23.0 Å². The van der Waals surface area contributed by atoms with Crippen molar-refractivity contribution in [3.05, 3.63) is 121 Å². The van der Waals surface area contributed by atoms with Crippen molar-refractivity contribution >= 4 is 30.2 Å². The number of ether oxygens (including phenoxy) is 5. The first kappa shape index (κ1) is 35.5. The van der Waals surface area contributed by atoms with Crippen molar-refractivity contribution in [2.45, 2.75) is 12.8 Å². The molecule has 0 bridgehead atoms. The second kappa shape index (κ2) is 18.7. The fraction of sp³-hybridized carbons (Fsp3) is 0.194. The summed E-state index contributed by atoms with van der Waals surface area (Å²) in [4.78, 5) is 63.4. The molecule has 3 N–H and O–H groups in total. The quantitative estimate of drug-likeness (QED) is 0.112. The summed E-state index contributed by atoms with van der Waals surface area (Å²) in [5.74, 6) is -0.294. The van der Waals surface area contributed by atoms with Gasteiger partial charge in [-0.1, -0.05) is 72.8 Å². The van der Waals surface area contributed by atoms with E-state index in [1.165, 1.54) is 0 Å². The van der Waals surface area contributed by atoms with E-state index in [-0.39, 0.29) is 43.2 Å². The van der Waals surface area contributed by atoms with Gasteiger partial charge in [0.15, 0.2) is 0 Å². The van der Waals surface area contributed by atoms with Crippen LogP contribution in [0.1, 0.15) is 12.8 Å². The molecule has 0 saturated carbocycles. The molecule has 0 aliphatic heterocycles. The lowest BCUT2D eigenvalue weighted by Crippen LogP contribution is -2.50. The minimum absolute atomic E-state index is 0.0351. The van der Waals surface area contributed by atoms with Gasteiger partial charge in [0.05, 0.1) is 0 Å². The van der Waals surface area contributed by atoms with E-state index >= 15 is 0 Å². The van der Waals surface area contributed by atoms with Gasteiger partial charge in [0.2, 0.25) is 0 Å². The Kier molecular flexibility index (Phi) is 13.5. The van der Waals surface area contributed by atoms with Crippen molar-refractivity contribution in [2.24, 2.45) is 5.41 Å². The van der Waals surface area contributed by atoms with Gasteiger partial charge in [0.25, 0.3) is 0 Å². The SMILES string of the molecule is O=C(CNC(=O)Oc1ccccc1)OCC(CCC(=O)Oc1ccccc1)(CNC(=O)Oc1ccccc1)CNC(=O)Oc1ccccc1. The third kappa shape index (κ3) is 13.1. The highest BCUT2D eigenvalue weighted by molar-refractivity contribution is 5.79. The molecule has 0 unspecified atom stereocenters. The highest BCUT2D eigenvalue weighted by Gasteiger charge is 2.35. The van der Waals surface area contributed by atoms with E-state index in [1.807, 2.05) is 0 Å². The Morgan fingerprint density at radius 1 is 0.469 bits per heavy atom. The van der Waals surface area contributed by atoms with Crippen molar-refractivity contribution in [3.63, 3.8) is 0 Å². The molecule has 0 fully saturated rings. The van der Waals surface area contributed by atoms with Gasteiger partial charge in [-0.15, -0.1) is 0 Å². The number of nitrogens with one attached hydrogen (secondary N) is 3. The molecule has 254 valence electrons. The zero-order chi connectivity index (χ0) is 34.7. The molecule has 0 saturated heterocycles. The van der Waals surface area contributed by atoms with Gasteiger partial charge in [-0.2, -0.15) is 0 Å². The highest BCUT2D eigenvalue weighted by atomic mass is 16.6. The number of carbonyl (C=O) groups excluding carboxylic acids is 5. The molecule has 0 atom stereocenters. The lowest BCUT2D eigenvalue weighted by Gasteiger charge is -2.33. The lowest BCUT2D eigenvalue weighted by molar-refractivity contribution is -0.146. The topological polar surface area (TPSA) is 168 Å². The highest BCUT2D eigenvalue weighted by Crippen LogP contribution is 2.25. The Bertz CT molecular complexity index is 1520. The van der Waals surface area contributed by atoms with E-state index < -0.39 is 48.8 Å². The van der Waals surface area contributed by atoms with Crippen LogP contribution in [-0.2, 0) is 14.3 Å². The minimum atomic E-state index is -1.29. The molecule has 0 heterocycles.